The summed E-state index contributed by atoms with van der Waals surface area (Å²) in [5.41, 5.74) is 0.496. The van der Waals surface area contributed by atoms with E-state index in [1.54, 1.807) is 37.3 Å². The normalized spacial score (nSPS) is 22.5. The van der Waals surface area contributed by atoms with Crippen LogP contribution in [0.1, 0.15) is 42.9 Å². The number of methoxy groups -OCH3 is 1. The van der Waals surface area contributed by atoms with Crippen LogP contribution in [0.15, 0.2) is 74.4 Å². The van der Waals surface area contributed by atoms with Gasteiger partial charge >= 0.3 is 17.9 Å². The highest BCUT2D eigenvalue weighted by molar-refractivity contribution is 7.90. The summed E-state index contributed by atoms with van der Waals surface area (Å²) < 4.78 is 96.1. The van der Waals surface area contributed by atoms with E-state index < -0.39 is 101 Å². The van der Waals surface area contributed by atoms with Gasteiger partial charge in [0.25, 0.3) is 10.0 Å². The SMILES string of the molecule is COc1ccc2c(c1)CC[C@]1(O2)O[C@@H](COC(C)=O)[C@@H](CC(=O)O)[C@H](OCc2cc3c(F)c(F)ccc3oc2=NS(=O)(=O)c2ccc(C)cc2)[C@H]1CC(=O)O. The van der Waals surface area contributed by atoms with E-state index in [0.29, 0.717) is 17.9 Å². The minimum Gasteiger partial charge on any atom is -0.497 e. The van der Waals surface area contributed by atoms with Gasteiger partial charge in [-0.1, -0.05) is 17.7 Å². The summed E-state index contributed by atoms with van der Waals surface area (Å²) in [7, 11) is -2.97. The zero-order chi connectivity index (χ0) is 39.7. The molecule has 0 amide bonds. The zero-order valence-corrected chi connectivity index (χ0v) is 30.6. The van der Waals surface area contributed by atoms with Gasteiger partial charge in [-0.05, 0) is 67.4 Å². The maximum absolute atomic E-state index is 15.1. The number of carboxylic acid groups (broad SMARTS) is 2. The number of halogens is 2. The topological polar surface area (TPSA) is 197 Å². The van der Waals surface area contributed by atoms with E-state index in [-0.39, 0.29) is 27.8 Å². The van der Waals surface area contributed by atoms with E-state index in [0.717, 1.165) is 36.2 Å². The number of rotatable bonds is 12. The Bertz CT molecular complexity index is 2310. The molecule has 3 aromatic carbocycles. The number of nitrogens with zero attached hydrogens (tertiary/aromatic N) is 1. The number of aliphatic carboxylic acids is 2. The third kappa shape index (κ3) is 8.48. The second-order valence-corrected chi connectivity index (χ2v) is 14.9. The third-order valence-corrected chi connectivity index (χ3v) is 10.9. The summed E-state index contributed by atoms with van der Waals surface area (Å²) in [6.07, 6.45) is -3.55. The van der Waals surface area contributed by atoms with Crippen LogP contribution in [0.5, 0.6) is 11.5 Å². The Hall–Kier alpha value is -5.39. The lowest BCUT2D eigenvalue weighted by molar-refractivity contribution is -0.326. The molecule has 0 radical (unpaired) electrons. The van der Waals surface area contributed by atoms with Crippen LogP contribution in [-0.4, -0.2) is 68.3 Å². The first-order valence-electron chi connectivity index (χ1n) is 17.1. The maximum Gasteiger partial charge on any atom is 0.303 e. The predicted molar refractivity (Wildman–Crippen MR) is 186 cm³/mol. The highest BCUT2D eigenvalue weighted by Crippen LogP contribution is 2.49. The Labute approximate surface area is 313 Å². The number of hydrogen-bond donors (Lipinski definition) is 2. The number of aryl methyl sites for hydroxylation is 2. The monoisotopic (exact) mass is 785 g/mol. The quantitative estimate of drug-likeness (QED) is 0.181. The number of carboxylic acids is 2. The molecule has 0 aliphatic carbocycles. The van der Waals surface area contributed by atoms with Crippen molar-refractivity contribution < 1.29 is 69.9 Å². The van der Waals surface area contributed by atoms with Crippen LogP contribution in [0.3, 0.4) is 0 Å². The molecule has 17 heteroatoms. The molecule has 1 spiro atoms. The van der Waals surface area contributed by atoms with Gasteiger partial charge in [-0.2, -0.15) is 8.42 Å². The average Bonchev–Trinajstić information content (AvgIpc) is 3.13. The zero-order valence-electron chi connectivity index (χ0n) is 29.8. The first kappa shape index (κ1) is 39.3. The number of carbonyl (C=O) groups excluding carboxylic acids is 1. The van der Waals surface area contributed by atoms with Crippen LogP contribution in [0.25, 0.3) is 11.0 Å². The Morgan fingerprint density at radius 2 is 1.73 bits per heavy atom. The molecule has 1 fully saturated rings. The number of benzene rings is 3. The fourth-order valence-electron chi connectivity index (χ4n) is 6.98. The van der Waals surface area contributed by atoms with Gasteiger partial charge < -0.3 is 38.3 Å². The van der Waals surface area contributed by atoms with E-state index in [2.05, 4.69) is 4.40 Å². The number of fused-ring (bicyclic) bond motifs is 2. The average molecular weight is 786 g/mol. The lowest BCUT2D eigenvalue weighted by atomic mass is 9.73. The summed E-state index contributed by atoms with van der Waals surface area (Å²) in [5, 5.41) is 19.8. The molecule has 14 nitrogen and oxygen atoms in total. The molecule has 1 saturated heterocycles. The van der Waals surface area contributed by atoms with E-state index >= 15 is 4.39 Å². The molecule has 1 aromatic heterocycles. The first-order valence-corrected chi connectivity index (χ1v) is 18.5. The highest BCUT2D eigenvalue weighted by Gasteiger charge is 2.59. The lowest BCUT2D eigenvalue weighted by Crippen LogP contribution is -2.64. The Morgan fingerprint density at radius 1 is 1.00 bits per heavy atom. The summed E-state index contributed by atoms with van der Waals surface area (Å²) in [4.78, 5) is 36.6. The number of ether oxygens (including phenoxy) is 5. The third-order valence-electron chi connectivity index (χ3n) is 9.61. The number of sulfonamides is 1. The van der Waals surface area contributed by atoms with Gasteiger partial charge in [0.05, 0.1) is 48.9 Å². The summed E-state index contributed by atoms with van der Waals surface area (Å²) in [5.74, 6) is -9.17. The standard InChI is InChI=1S/C38H37F2NO13S/c1-20-4-7-25(8-5-20)55(47,48)41-37-23(15-26-31(52-37)11-9-29(39)35(26)40)18-51-36-27(16-33(43)44)32(19-50-21(2)42)54-38(28(36)17-34(45)46)13-12-22-14-24(49-3)6-10-30(22)53-38/h4-11,14-15,27-28,32,36H,12-13,16-19H2,1-3H3,(H,43,44)(H,45,46)/t27-,28-,32+,36+,38+/m1/s1. The lowest BCUT2D eigenvalue weighted by Gasteiger charge is -2.54. The van der Waals surface area contributed by atoms with Crippen molar-refractivity contribution in [1.82, 2.24) is 0 Å². The molecule has 2 aliphatic heterocycles. The minimum atomic E-state index is -4.46. The van der Waals surface area contributed by atoms with Crippen molar-refractivity contribution in [2.24, 2.45) is 16.2 Å². The predicted octanol–water partition coefficient (Wildman–Crippen LogP) is 5.07. The summed E-state index contributed by atoms with van der Waals surface area (Å²) in [6, 6.07) is 13.7. The fourth-order valence-corrected chi connectivity index (χ4v) is 7.94. The van der Waals surface area contributed by atoms with Crippen molar-refractivity contribution >= 4 is 38.9 Å². The smallest absolute Gasteiger partial charge is 0.303 e. The molecule has 0 saturated carbocycles. The minimum absolute atomic E-state index is 0.0481. The second kappa shape index (κ2) is 15.8. The number of hydrogen-bond acceptors (Lipinski definition) is 11. The molecular weight excluding hydrogens is 748 g/mol. The van der Waals surface area contributed by atoms with Gasteiger partial charge in [-0.25, -0.2) is 8.78 Å². The van der Waals surface area contributed by atoms with Crippen molar-refractivity contribution in [2.45, 2.75) is 69.0 Å². The summed E-state index contributed by atoms with van der Waals surface area (Å²) >= 11 is 0. The largest absolute Gasteiger partial charge is 0.497 e. The van der Waals surface area contributed by atoms with Gasteiger partial charge in [-0.15, -0.1) is 4.40 Å². The van der Waals surface area contributed by atoms with Crippen LogP contribution < -0.4 is 15.0 Å². The molecule has 6 rings (SSSR count). The van der Waals surface area contributed by atoms with E-state index in [1.165, 1.54) is 19.2 Å². The molecule has 2 aliphatic rings. The number of carbonyl (C=O) groups is 3. The Balaban J connectivity index is 1.49. The molecule has 292 valence electrons. The van der Waals surface area contributed by atoms with E-state index in [4.69, 9.17) is 28.1 Å². The van der Waals surface area contributed by atoms with Crippen LogP contribution in [0, 0.1) is 30.4 Å². The highest BCUT2D eigenvalue weighted by atomic mass is 32.2. The van der Waals surface area contributed by atoms with Crippen LogP contribution in [0.4, 0.5) is 8.78 Å². The molecule has 0 unspecified atom stereocenters. The first-order chi connectivity index (χ1) is 26.1. The van der Waals surface area contributed by atoms with Crippen LogP contribution in [0.2, 0.25) is 0 Å². The van der Waals surface area contributed by atoms with E-state index in [1.807, 2.05) is 0 Å². The molecule has 55 heavy (non-hydrogen) atoms. The molecular formula is C38H37F2NO13S. The molecule has 2 N–H and O–H groups in total. The Morgan fingerprint density at radius 3 is 2.40 bits per heavy atom. The summed E-state index contributed by atoms with van der Waals surface area (Å²) in [6.45, 7) is 1.78. The van der Waals surface area contributed by atoms with Crippen molar-refractivity contribution in [2.75, 3.05) is 13.7 Å². The fraction of sp³-hybridized carbons (Fsp3) is 0.368. The maximum atomic E-state index is 15.1. The second-order valence-electron chi connectivity index (χ2n) is 13.3. The molecule has 4 aromatic rings. The van der Waals surface area contributed by atoms with Gasteiger partial charge in [0.15, 0.2) is 11.6 Å². The van der Waals surface area contributed by atoms with Crippen molar-refractivity contribution in [3.8, 4) is 11.5 Å². The van der Waals surface area contributed by atoms with Gasteiger partial charge in [-0.3, -0.25) is 14.4 Å². The molecule has 3 heterocycles. The molecule has 0 bridgehead atoms. The van der Waals surface area contributed by atoms with Crippen molar-refractivity contribution in [1.29, 1.82) is 0 Å². The van der Waals surface area contributed by atoms with Gasteiger partial charge in [0.2, 0.25) is 11.3 Å². The van der Waals surface area contributed by atoms with E-state index in [9.17, 15) is 37.4 Å². The van der Waals surface area contributed by atoms with Gasteiger partial charge in [0, 0.05) is 24.8 Å². The van der Waals surface area contributed by atoms with Crippen LogP contribution >= 0.6 is 0 Å². The van der Waals surface area contributed by atoms with Crippen molar-refractivity contribution in [3.05, 3.63) is 94.5 Å². The molecule has 5 atom stereocenters. The van der Waals surface area contributed by atoms with Gasteiger partial charge in [0.1, 0.15) is 29.8 Å². The Kier molecular flexibility index (Phi) is 11.3. The van der Waals surface area contributed by atoms with Crippen molar-refractivity contribution in [3.63, 3.8) is 0 Å². The van der Waals surface area contributed by atoms with Crippen LogP contribution in [-0.2, 0) is 51.6 Å². The number of esters is 1.